The van der Waals surface area contributed by atoms with Crippen molar-refractivity contribution in [2.75, 3.05) is 13.1 Å². The molecule has 0 bridgehead atoms. The van der Waals surface area contributed by atoms with Gasteiger partial charge in [0, 0.05) is 30.8 Å². The molecule has 8 heteroatoms. The van der Waals surface area contributed by atoms with Crippen molar-refractivity contribution in [2.45, 2.75) is 26.1 Å². The van der Waals surface area contributed by atoms with Crippen LogP contribution >= 0.6 is 11.6 Å². The summed E-state index contributed by atoms with van der Waals surface area (Å²) in [6, 6.07) is 7.32. The maximum absolute atomic E-state index is 12.6. The number of nitrogens with zero attached hydrogens (tertiary/aromatic N) is 2. The Morgan fingerprint density at radius 1 is 1.24 bits per heavy atom. The molecule has 1 aromatic heterocycles. The topological polar surface area (TPSA) is 85.8 Å². The summed E-state index contributed by atoms with van der Waals surface area (Å²) in [5.74, 6) is 0.370. The molecule has 0 unspecified atom stereocenters. The molecule has 7 nitrogen and oxygen atoms in total. The highest BCUT2D eigenvalue weighted by molar-refractivity contribution is 6.33. The summed E-state index contributed by atoms with van der Waals surface area (Å²) in [6.07, 6.45) is -0.0718. The van der Waals surface area contributed by atoms with E-state index in [4.69, 9.17) is 20.8 Å². The van der Waals surface area contributed by atoms with Crippen molar-refractivity contribution in [3.8, 4) is 11.3 Å². The summed E-state index contributed by atoms with van der Waals surface area (Å²) in [7, 11) is 0. The monoisotopic (exact) mass is 364 g/mol. The first-order valence-electron chi connectivity index (χ1n) is 7.84. The van der Waals surface area contributed by atoms with Gasteiger partial charge in [0.1, 0.15) is 5.76 Å². The average Bonchev–Trinajstić information content (AvgIpc) is 3.02. The minimum atomic E-state index is -0.520. The number of hydrogen-bond donors (Lipinski definition) is 0. The summed E-state index contributed by atoms with van der Waals surface area (Å²) in [5, 5.41) is 11.0. The number of benzene rings is 1. The van der Waals surface area contributed by atoms with E-state index in [-0.39, 0.29) is 34.6 Å². The fourth-order valence-corrected chi connectivity index (χ4v) is 3.18. The van der Waals surface area contributed by atoms with Crippen molar-refractivity contribution < 1.29 is 18.9 Å². The van der Waals surface area contributed by atoms with Crippen molar-refractivity contribution in [1.29, 1.82) is 0 Å². The van der Waals surface area contributed by atoms with E-state index in [1.54, 1.807) is 17.0 Å². The number of amides is 1. The standard InChI is InChI=1S/C17H17ClN2O5/c1-10-8-19(9-11(2)24-10)17(21)16-6-5-15(25-16)13-4-3-12(20(22)23)7-14(13)18/h3-7,10-11H,8-9H2,1-2H3/t10-,11+. The number of nitro benzene ring substituents is 1. The van der Waals surface area contributed by atoms with E-state index in [2.05, 4.69) is 0 Å². The molecule has 0 aliphatic carbocycles. The minimum absolute atomic E-state index is 0.0359. The first-order valence-corrected chi connectivity index (χ1v) is 8.22. The second kappa shape index (κ2) is 6.85. The molecule has 132 valence electrons. The van der Waals surface area contributed by atoms with E-state index in [9.17, 15) is 14.9 Å². The van der Waals surface area contributed by atoms with Crippen molar-refractivity contribution >= 4 is 23.2 Å². The van der Waals surface area contributed by atoms with E-state index < -0.39 is 4.92 Å². The molecule has 0 N–H and O–H groups in total. The third kappa shape index (κ3) is 3.67. The third-order valence-electron chi connectivity index (χ3n) is 3.95. The highest BCUT2D eigenvalue weighted by atomic mass is 35.5. The van der Waals surface area contributed by atoms with Gasteiger partial charge < -0.3 is 14.1 Å². The lowest BCUT2D eigenvalue weighted by atomic mass is 10.1. The Labute approximate surface area is 149 Å². The zero-order valence-electron chi connectivity index (χ0n) is 13.8. The van der Waals surface area contributed by atoms with Crippen LogP contribution in [-0.2, 0) is 4.74 Å². The molecule has 2 atom stereocenters. The smallest absolute Gasteiger partial charge is 0.289 e. The van der Waals surface area contributed by atoms with Crippen LogP contribution in [0.2, 0.25) is 5.02 Å². The minimum Gasteiger partial charge on any atom is -0.451 e. The van der Waals surface area contributed by atoms with Gasteiger partial charge in [-0.1, -0.05) is 11.6 Å². The van der Waals surface area contributed by atoms with E-state index >= 15 is 0 Å². The maximum atomic E-state index is 12.6. The Morgan fingerprint density at radius 3 is 2.52 bits per heavy atom. The number of halogens is 1. The second-order valence-corrected chi connectivity index (χ2v) is 6.46. The Hall–Kier alpha value is -2.38. The number of morpholine rings is 1. The summed E-state index contributed by atoms with van der Waals surface area (Å²) in [5.41, 5.74) is 0.392. The number of rotatable bonds is 3. The van der Waals surface area contributed by atoms with Crippen LogP contribution < -0.4 is 0 Å². The molecule has 1 amide bonds. The van der Waals surface area contributed by atoms with Crippen LogP contribution in [-0.4, -0.2) is 41.0 Å². The van der Waals surface area contributed by atoms with Gasteiger partial charge in [-0.2, -0.15) is 0 Å². The predicted molar refractivity (Wildman–Crippen MR) is 91.7 cm³/mol. The molecule has 1 fully saturated rings. The van der Waals surface area contributed by atoms with E-state index in [1.807, 2.05) is 13.8 Å². The van der Waals surface area contributed by atoms with Crippen molar-refractivity contribution in [3.63, 3.8) is 0 Å². The molecule has 2 heterocycles. The van der Waals surface area contributed by atoms with Gasteiger partial charge in [-0.3, -0.25) is 14.9 Å². The lowest BCUT2D eigenvalue weighted by Gasteiger charge is -2.34. The highest BCUT2D eigenvalue weighted by Gasteiger charge is 2.28. The van der Waals surface area contributed by atoms with E-state index in [1.165, 1.54) is 18.2 Å². The molecular formula is C17H17ClN2O5. The van der Waals surface area contributed by atoms with Gasteiger partial charge in [0.15, 0.2) is 5.76 Å². The van der Waals surface area contributed by atoms with Gasteiger partial charge in [-0.15, -0.1) is 0 Å². The zero-order chi connectivity index (χ0) is 18.1. The van der Waals surface area contributed by atoms with Gasteiger partial charge in [-0.05, 0) is 32.0 Å². The zero-order valence-corrected chi connectivity index (χ0v) is 14.5. The van der Waals surface area contributed by atoms with Crippen LogP contribution in [0.4, 0.5) is 5.69 Å². The average molecular weight is 365 g/mol. The van der Waals surface area contributed by atoms with Crippen LogP contribution in [0, 0.1) is 10.1 Å². The molecule has 1 aliphatic heterocycles. The maximum Gasteiger partial charge on any atom is 0.289 e. The van der Waals surface area contributed by atoms with Gasteiger partial charge >= 0.3 is 0 Å². The number of carbonyl (C=O) groups is 1. The largest absolute Gasteiger partial charge is 0.451 e. The third-order valence-corrected chi connectivity index (χ3v) is 4.27. The summed E-state index contributed by atoms with van der Waals surface area (Å²) in [6.45, 7) is 4.83. The predicted octanol–water partition coefficient (Wildman–Crippen LogP) is 3.76. The molecule has 3 rings (SSSR count). The molecule has 1 aromatic carbocycles. The van der Waals surface area contributed by atoms with E-state index in [0.29, 0.717) is 24.4 Å². The molecule has 1 saturated heterocycles. The van der Waals surface area contributed by atoms with E-state index in [0.717, 1.165) is 0 Å². The Morgan fingerprint density at radius 2 is 1.92 bits per heavy atom. The van der Waals surface area contributed by atoms with Gasteiger partial charge in [0.05, 0.1) is 22.2 Å². The lowest BCUT2D eigenvalue weighted by Crippen LogP contribution is -2.48. The molecular weight excluding hydrogens is 348 g/mol. The van der Waals surface area contributed by atoms with Crippen molar-refractivity contribution in [3.05, 3.63) is 51.2 Å². The Balaban J connectivity index is 1.83. The quantitative estimate of drug-likeness (QED) is 0.611. The fraction of sp³-hybridized carbons (Fsp3) is 0.353. The Bertz CT molecular complexity index is 809. The summed E-state index contributed by atoms with van der Waals surface area (Å²) >= 11 is 6.11. The molecule has 0 saturated carbocycles. The highest BCUT2D eigenvalue weighted by Crippen LogP contribution is 2.32. The van der Waals surface area contributed by atoms with Crippen LogP contribution in [0.15, 0.2) is 34.7 Å². The van der Waals surface area contributed by atoms with Crippen LogP contribution in [0.5, 0.6) is 0 Å². The van der Waals surface area contributed by atoms with Gasteiger partial charge in [0.25, 0.3) is 11.6 Å². The van der Waals surface area contributed by atoms with Crippen LogP contribution in [0.3, 0.4) is 0 Å². The summed E-state index contributed by atoms with van der Waals surface area (Å²) in [4.78, 5) is 24.6. The normalized spacial score (nSPS) is 20.5. The SMILES string of the molecule is C[C@@H]1CN(C(=O)c2ccc(-c3ccc([N+](=O)[O-])cc3Cl)o2)C[C@H](C)O1. The lowest BCUT2D eigenvalue weighted by molar-refractivity contribution is -0.384. The Kier molecular flexibility index (Phi) is 4.78. The second-order valence-electron chi connectivity index (χ2n) is 6.05. The van der Waals surface area contributed by atoms with Crippen LogP contribution in [0.1, 0.15) is 24.4 Å². The molecule has 1 aliphatic rings. The number of furan rings is 1. The molecule has 0 radical (unpaired) electrons. The molecule has 2 aromatic rings. The number of hydrogen-bond acceptors (Lipinski definition) is 5. The number of carbonyl (C=O) groups excluding carboxylic acids is 1. The number of non-ortho nitro benzene ring substituents is 1. The number of nitro groups is 1. The summed E-state index contributed by atoms with van der Waals surface area (Å²) < 4.78 is 11.3. The van der Waals surface area contributed by atoms with Crippen molar-refractivity contribution in [2.24, 2.45) is 0 Å². The van der Waals surface area contributed by atoms with Crippen LogP contribution in [0.25, 0.3) is 11.3 Å². The fourth-order valence-electron chi connectivity index (χ4n) is 2.91. The first-order chi connectivity index (χ1) is 11.8. The molecule has 0 spiro atoms. The van der Waals surface area contributed by atoms with Gasteiger partial charge in [-0.25, -0.2) is 0 Å². The number of ether oxygens (including phenoxy) is 1. The van der Waals surface area contributed by atoms with Crippen molar-refractivity contribution in [1.82, 2.24) is 4.90 Å². The first kappa shape index (κ1) is 17.4. The van der Waals surface area contributed by atoms with Gasteiger partial charge in [0.2, 0.25) is 0 Å². The molecule has 25 heavy (non-hydrogen) atoms.